The van der Waals surface area contributed by atoms with E-state index in [4.69, 9.17) is 5.73 Å². The highest BCUT2D eigenvalue weighted by molar-refractivity contribution is 5.85. The largest absolute Gasteiger partial charge is 0.338 e. The number of piperidine rings is 1. The molecule has 1 unspecified atom stereocenters. The molecular formula is C19H33Cl2N3O. The molecule has 1 saturated heterocycles. The van der Waals surface area contributed by atoms with E-state index in [0.717, 1.165) is 45.4 Å². The molecular weight excluding hydrogens is 357 g/mol. The number of benzene rings is 1. The van der Waals surface area contributed by atoms with Crippen molar-refractivity contribution >= 4 is 30.7 Å². The van der Waals surface area contributed by atoms with Gasteiger partial charge in [-0.05, 0) is 44.3 Å². The first-order valence-corrected chi connectivity index (χ1v) is 9.00. The van der Waals surface area contributed by atoms with Gasteiger partial charge in [-0.3, -0.25) is 9.69 Å². The molecule has 0 aromatic heterocycles. The van der Waals surface area contributed by atoms with E-state index in [1.54, 1.807) is 0 Å². The Morgan fingerprint density at radius 2 is 2.00 bits per heavy atom. The molecule has 1 aromatic rings. The van der Waals surface area contributed by atoms with Crippen LogP contribution < -0.4 is 5.73 Å². The highest BCUT2D eigenvalue weighted by Crippen LogP contribution is 2.19. The van der Waals surface area contributed by atoms with E-state index < -0.39 is 0 Å². The summed E-state index contributed by atoms with van der Waals surface area (Å²) >= 11 is 0. The lowest BCUT2D eigenvalue weighted by molar-refractivity contribution is -0.134. The van der Waals surface area contributed by atoms with Crippen LogP contribution >= 0.6 is 24.8 Å². The van der Waals surface area contributed by atoms with Crippen LogP contribution in [0.2, 0.25) is 0 Å². The van der Waals surface area contributed by atoms with Gasteiger partial charge in [-0.25, -0.2) is 0 Å². The molecule has 0 bridgehead atoms. The molecule has 1 heterocycles. The Morgan fingerprint density at radius 1 is 1.28 bits per heavy atom. The number of carbonyl (C=O) groups excluding carboxylic acids is 1. The van der Waals surface area contributed by atoms with E-state index in [2.05, 4.69) is 47.1 Å². The van der Waals surface area contributed by atoms with E-state index in [0.29, 0.717) is 19.0 Å². The maximum atomic E-state index is 12.5. The second-order valence-electron chi connectivity index (χ2n) is 6.50. The lowest BCUT2D eigenvalue weighted by Gasteiger charge is -2.39. The summed E-state index contributed by atoms with van der Waals surface area (Å²) in [5, 5.41) is 0. The number of hydrogen-bond acceptors (Lipinski definition) is 3. The zero-order valence-corrected chi connectivity index (χ0v) is 16.9. The lowest BCUT2D eigenvalue weighted by Crippen LogP contribution is -2.50. The third-order valence-corrected chi connectivity index (χ3v) is 4.55. The fraction of sp³-hybridized carbons (Fsp3) is 0.632. The summed E-state index contributed by atoms with van der Waals surface area (Å²) < 4.78 is 0. The standard InChI is InChI=1S/C19H31N3O.2ClH/c1-2-13-22(19(23)11-6-12-20)18-10-7-14-21(16-18)15-17-8-4-3-5-9-17;;/h3-5,8-9,18H,2,6-7,10-16,20H2,1H3;2*1H. The van der Waals surface area contributed by atoms with Crippen molar-refractivity contribution in [2.45, 2.75) is 51.6 Å². The fourth-order valence-corrected chi connectivity index (χ4v) is 3.42. The molecule has 25 heavy (non-hydrogen) atoms. The Kier molecular flexibility index (Phi) is 13.0. The molecule has 0 spiro atoms. The molecule has 0 radical (unpaired) electrons. The van der Waals surface area contributed by atoms with Crippen LogP contribution in [0.5, 0.6) is 0 Å². The second kappa shape index (κ2) is 13.4. The predicted molar refractivity (Wildman–Crippen MR) is 110 cm³/mol. The van der Waals surface area contributed by atoms with Gasteiger partial charge in [-0.15, -0.1) is 24.8 Å². The predicted octanol–water partition coefficient (Wildman–Crippen LogP) is 3.47. The number of halogens is 2. The SMILES string of the molecule is CCCN(C(=O)CCCN)C1CCCN(Cc2ccccc2)C1.Cl.Cl. The first-order chi connectivity index (χ1) is 11.2. The average Bonchev–Trinajstić information content (AvgIpc) is 2.58. The molecule has 4 nitrogen and oxygen atoms in total. The minimum absolute atomic E-state index is 0. The minimum Gasteiger partial charge on any atom is -0.338 e. The second-order valence-corrected chi connectivity index (χ2v) is 6.50. The molecule has 1 aliphatic heterocycles. The zero-order valence-electron chi connectivity index (χ0n) is 15.2. The van der Waals surface area contributed by atoms with Crippen LogP contribution in [0.25, 0.3) is 0 Å². The van der Waals surface area contributed by atoms with Crippen LogP contribution in [-0.2, 0) is 11.3 Å². The van der Waals surface area contributed by atoms with Crippen LogP contribution in [0.15, 0.2) is 30.3 Å². The number of carbonyl (C=O) groups is 1. The smallest absolute Gasteiger partial charge is 0.222 e. The quantitative estimate of drug-likeness (QED) is 0.740. The third-order valence-electron chi connectivity index (χ3n) is 4.55. The van der Waals surface area contributed by atoms with Gasteiger partial charge in [0.2, 0.25) is 5.91 Å². The number of rotatable bonds is 8. The van der Waals surface area contributed by atoms with Gasteiger partial charge in [0.15, 0.2) is 0 Å². The van der Waals surface area contributed by atoms with E-state index in [1.165, 1.54) is 12.0 Å². The van der Waals surface area contributed by atoms with Crippen molar-refractivity contribution in [3.8, 4) is 0 Å². The Labute approximate surface area is 164 Å². The molecule has 0 saturated carbocycles. The summed E-state index contributed by atoms with van der Waals surface area (Å²) in [6.45, 7) is 6.71. The van der Waals surface area contributed by atoms with Crippen LogP contribution in [0.4, 0.5) is 0 Å². The lowest BCUT2D eigenvalue weighted by atomic mass is 10.0. The molecule has 1 amide bonds. The summed E-state index contributed by atoms with van der Waals surface area (Å²) in [6, 6.07) is 11.0. The molecule has 144 valence electrons. The minimum atomic E-state index is 0. The third kappa shape index (κ3) is 7.95. The number of likely N-dealkylation sites (tertiary alicyclic amines) is 1. The average molecular weight is 390 g/mol. The summed E-state index contributed by atoms with van der Waals surface area (Å²) in [5.41, 5.74) is 6.91. The van der Waals surface area contributed by atoms with Crippen LogP contribution in [0.3, 0.4) is 0 Å². The molecule has 1 aliphatic rings. The number of amides is 1. The van der Waals surface area contributed by atoms with E-state index in [-0.39, 0.29) is 30.7 Å². The van der Waals surface area contributed by atoms with Crippen LogP contribution in [0.1, 0.15) is 44.6 Å². The fourth-order valence-electron chi connectivity index (χ4n) is 3.42. The molecule has 2 rings (SSSR count). The Bertz CT molecular complexity index is 473. The molecule has 1 aromatic carbocycles. The van der Waals surface area contributed by atoms with Gasteiger partial charge >= 0.3 is 0 Å². The topological polar surface area (TPSA) is 49.6 Å². The van der Waals surface area contributed by atoms with Gasteiger partial charge in [0, 0.05) is 32.1 Å². The highest BCUT2D eigenvalue weighted by Gasteiger charge is 2.27. The zero-order chi connectivity index (χ0) is 16.5. The Hall–Kier alpha value is -0.810. The summed E-state index contributed by atoms with van der Waals surface area (Å²) in [5.74, 6) is 0.281. The Balaban J connectivity index is 0.00000288. The van der Waals surface area contributed by atoms with Crippen molar-refractivity contribution in [2.24, 2.45) is 5.73 Å². The molecule has 6 heteroatoms. The molecule has 1 atom stereocenters. The van der Waals surface area contributed by atoms with Crippen molar-refractivity contribution in [1.82, 2.24) is 9.80 Å². The molecule has 0 aliphatic carbocycles. The van der Waals surface area contributed by atoms with Crippen LogP contribution in [-0.4, -0.2) is 47.9 Å². The summed E-state index contributed by atoms with van der Waals surface area (Å²) in [6.07, 6.45) is 4.69. The normalized spacial score (nSPS) is 17.3. The van der Waals surface area contributed by atoms with E-state index in [9.17, 15) is 4.79 Å². The first-order valence-electron chi connectivity index (χ1n) is 9.00. The Morgan fingerprint density at radius 3 is 2.64 bits per heavy atom. The van der Waals surface area contributed by atoms with E-state index in [1.807, 2.05) is 0 Å². The van der Waals surface area contributed by atoms with Crippen molar-refractivity contribution < 1.29 is 4.79 Å². The van der Waals surface area contributed by atoms with E-state index >= 15 is 0 Å². The van der Waals surface area contributed by atoms with Gasteiger partial charge < -0.3 is 10.6 Å². The van der Waals surface area contributed by atoms with Crippen molar-refractivity contribution in [2.75, 3.05) is 26.2 Å². The summed E-state index contributed by atoms with van der Waals surface area (Å²) in [7, 11) is 0. The monoisotopic (exact) mass is 389 g/mol. The van der Waals surface area contributed by atoms with Crippen molar-refractivity contribution in [3.63, 3.8) is 0 Å². The number of nitrogens with zero attached hydrogens (tertiary/aromatic N) is 2. The highest BCUT2D eigenvalue weighted by atomic mass is 35.5. The van der Waals surface area contributed by atoms with Gasteiger partial charge in [-0.1, -0.05) is 37.3 Å². The van der Waals surface area contributed by atoms with Gasteiger partial charge in [0.05, 0.1) is 0 Å². The van der Waals surface area contributed by atoms with Crippen LogP contribution in [0, 0.1) is 0 Å². The van der Waals surface area contributed by atoms with Crippen molar-refractivity contribution in [1.29, 1.82) is 0 Å². The molecule has 1 fully saturated rings. The van der Waals surface area contributed by atoms with Gasteiger partial charge in [0.1, 0.15) is 0 Å². The maximum Gasteiger partial charge on any atom is 0.222 e. The maximum absolute atomic E-state index is 12.5. The van der Waals surface area contributed by atoms with Crippen molar-refractivity contribution in [3.05, 3.63) is 35.9 Å². The number of nitrogens with two attached hydrogens (primary N) is 1. The molecule has 2 N–H and O–H groups in total. The van der Waals surface area contributed by atoms with Gasteiger partial charge in [0.25, 0.3) is 0 Å². The summed E-state index contributed by atoms with van der Waals surface area (Å²) in [4.78, 5) is 17.1. The first kappa shape index (κ1) is 24.2. The van der Waals surface area contributed by atoms with Gasteiger partial charge in [-0.2, -0.15) is 0 Å². The number of hydrogen-bond donors (Lipinski definition) is 1.